The second kappa shape index (κ2) is 5.95. The van der Waals surface area contributed by atoms with Gasteiger partial charge in [0.05, 0.1) is 18.0 Å². The van der Waals surface area contributed by atoms with E-state index in [0.29, 0.717) is 18.4 Å². The van der Waals surface area contributed by atoms with Crippen molar-refractivity contribution in [2.24, 2.45) is 5.73 Å². The summed E-state index contributed by atoms with van der Waals surface area (Å²) in [5, 5.41) is 9.82. The minimum atomic E-state index is -2.38. The quantitative estimate of drug-likeness (QED) is 0.675. The lowest BCUT2D eigenvalue weighted by molar-refractivity contribution is 0.0381. The molecule has 2 aliphatic rings. The molecule has 7 heteroatoms. The maximum atomic E-state index is 12.8. The number of hydrogen-bond acceptors (Lipinski definition) is 4. The van der Waals surface area contributed by atoms with E-state index in [0.717, 1.165) is 5.56 Å². The fraction of sp³-hybridized carbons (Fsp3) is 0.438. The topological polar surface area (TPSA) is 65.9 Å². The number of hydrogen-bond donors (Lipinski definition) is 1. The number of halogens is 2. The summed E-state index contributed by atoms with van der Waals surface area (Å²) in [6.07, 6.45) is 5.61. The summed E-state index contributed by atoms with van der Waals surface area (Å²) >= 11 is 4.97. The van der Waals surface area contributed by atoms with Gasteiger partial charge in [0.15, 0.2) is 0 Å². The number of pyridine rings is 1. The summed E-state index contributed by atoms with van der Waals surface area (Å²) in [4.78, 5) is 6.13. The second-order valence-electron chi connectivity index (χ2n) is 6.04. The van der Waals surface area contributed by atoms with E-state index in [1.807, 2.05) is 12.2 Å². The molecule has 1 saturated heterocycles. The first kappa shape index (κ1) is 16.0. The second-order valence-corrected chi connectivity index (χ2v) is 6.48. The maximum Gasteiger partial charge on any atom is 0.251 e. The summed E-state index contributed by atoms with van der Waals surface area (Å²) in [6.45, 7) is -0.269. The van der Waals surface area contributed by atoms with Gasteiger partial charge in [-0.2, -0.15) is 5.26 Å². The van der Waals surface area contributed by atoms with Crippen LogP contribution in [-0.4, -0.2) is 39.9 Å². The van der Waals surface area contributed by atoms with E-state index in [4.69, 9.17) is 18.0 Å². The third kappa shape index (κ3) is 2.84. The molecule has 1 fully saturated rings. The van der Waals surface area contributed by atoms with Crippen LogP contribution in [-0.2, 0) is 5.41 Å². The smallest absolute Gasteiger partial charge is 0.251 e. The van der Waals surface area contributed by atoms with Crippen LogP contribution in [0.25, 0.3) is 0 Å². The minimum absolute atomic E-state index is 0.157. The molecule has 120 valence electrons. The number of alkyl halides is 2. The molecule has 3 atom stereocenters. The van der Waals surface area contributed by atoms with E-state index in [2.05, 4.69) is 11.1 Å². The highest BCUT2D eigenvalue weighted by Gasteiger charge is 2.48. The van der Waals surface area contributed by atoms with Crippen molar-refractivity contribution in [1.82, 2.24) is 9.88 Å². The highest BCUT2D eigenvalue weighted by molar-refractivity contribution is 7.80. The predicted molar refractivity (Wildman–Crippen MR) is 86.1 cm³/mol. The molecule has 0 aromatic carbocycles. The lowest BCUT2D eigenvalue weighted by Gasteiger charge is -2.43. The van der Waals surface area contributed by atoms with Crippen LogP contribution in [0.2, 0.25) is 0 Å². The Morgan fingerprint density at radius 3 is 2.61 bits per heavy atom. The Balaban J connectivity index is 1.92. The van der Waals surface area contributed by atoms with Crippen molar-refractivity contribution in [2.75, 3.05) is 6.54 Å². The summed E-state index contributed by atoms with van der Waals surface area (Å²) in [5.74, 6) is 0. The monoisotopic (exact) mass is 334 g/mol. The Morgan fingerprint density at radius 1 is 1.43 bits per heavy atom. The summed E-state index contributed by atoms with van der Waals surface area (Å²) in [7, 11) is 0. The van der Waals surface area contributed by atoms with Crippen molar-refractivity contribution in [2.45, 2.75) is 36.8 Å². The fourth-order valence-corrected chi connectivity index (χ4v) is 3.66. The average Bonchev–Trinajstić information content (AvgIpc) is 2.77. The van der Waals surface area contributed by atoms with Gasteiger partial charge in [-0.3, -0.25) is 9.88 Å². The molecule has 1 aromatic rings. The third-order valence-electron chi connectivity index (χ3n) is 4.66. The molecule has 2 aliphatic heterocycles. The van der Waals surface area contributed by atoms with E-state index in [1.165, 1.54) is 0 Å². The first-order chi connectivity index (χ1) is 10.9. The molecular weight excluding hydrogens is 318 g/mol. The van der Waals surface area contributed by atoms with E-state index in [9.17, 15) is 14.0 Å². The van der Waals surface area contributed by atoms with Gasteiger partial charge in [-0.05, 0) is 24.5 Å². The highest BCUT2D eigenvalue weighted by Crippen LogP contribution is 2.44. The minimum Gasteiger partial charge on any atom is -0.389 e. The van der Waals surface area contributed by atoms with Crippen LogP contribution >= 0.6 is 12.2 Å². The van der Waals surface area contributed by atoms with Gasteiger partial charge in [-0.25, -0.2) is 8.78 Å². The van der Waals surface area contributed by atoms with Crippen molar-refractivity contribution < 1.29 is 8.78 Å². The van der Waals surface area contributed by atoms with E-state index < -0.39 is 11.8 Å². The molecule has 0 radical (unpaired) electrons. The standard InChI is InChI=1S/C16H16F2N4S/c17-14(18)8-22-12-1-2-13(22)5-16(4-12,9-19)11-3-10(15(20)23)6-21-7-11/h1-3,6-7,12-14H,4-5,8H2,(H2,20,23)/t12-,13+,16?. The van der Waals surface area contributed by atoms with Gasteiger partial charge in [0.1, 0.15) is 4.99 Å². The number of fused-ring (bicyclic) bond motifs is 2. The van der Waals surface area contributed by atoms with Gasteiger partial charge in [-0.15, -0.1) is 0 Å². The normalized spacial score (nSPS) is 29.7. The van der Waals surface area contributed by atoms with E-state index in [-0.39, 0.29) is 23.6 Å². The van der Waals surface area contributed by atoms with Crippen LogP contribution in [0.3, 0.4) is 0 Å². The lowest BCUT2D eigenvalue weighted by Crippen LogP contribution is -2.51. The van der Waals surface area contributed by atoms with Gasteiger partial charge in [0.2, 0.25) is 0 Å². The van der Waals surface area contributed by atoms with Crippen molar-refractivity contribution in [3.05, 3.63) is 41.7 Å². The zero-order valence-corrected chi connectivity index (χ0v) is 13.1. The molecule has 0 amide bonds. The fourth-order valence-electron chi connectivity index (χ4n) is 3.55. The first-order valence-electron chi connectivity index (χ1n) is 7.34. The molecule has 1 unspecified atom stereocenters. The Labute approximate surface area is 138 Å². The van der Waals surface area contributed by atoms with Gasteiger partial charge < -0.3 is 5.73 Å². The van der Waals surface area contributed by atoms with Crippen molar-refractivity contribution in [3.8, 4) is 6.07 Å². The number of rotatable bonds is 4. The molecule has 0 saturated carbocycles. The Hall–Kier alpha value is -1.91. The number of nitrogens with zero attached hydrogens (tertiary/aromatic N) is 3. The highest BCUT2D eigenvalue weighted by atomic mass is 32.1. The first-order valence-corrected chi connectivity index (χ1v) is 7.75. The molecule has 3 rings (SSSR count). The number of piperidine rings is 1. The summed E-state index contributed by atoms with van der Waals surface area (Å²) in [5.41, 5.74) is 6.25. The molecule has 1 aromatic heterocycles. The third-order valence-corrected chi connectivity index (χ3v) is 4.90. The number of nitriles is 1. The molecule has 3 heterocycles. The average molecular weight is 334 g/mol. The van der Waals surface area contributed by atoms with Gasteiger partial charge in [-0.1, -0.05) is 24.4 Å². The van der Waals surface area contributed by atoms with Gasteiger partial charge in [0.25, 0.3) is 6.43 Å². The Bertz CT molecular complexity index is 682. The zero-order valence-electron chi connectivity index (χ0n) is 12.3. The van der Waals surface area contributed by atoms with Crippen LogP contribution in [0.15, 0.2) is 30.6 Å². The summed E-state index contributed by atoms with van der Waals surface area (Å²) < 4.78 is 25.5. The van der Waals surface area contributed by atoms with Crippen LogP contribution < -0.4 is 5.73 Å². The van der Waals surface area contributed by atoms with E-state index in [1.54, 1.807) is 23.4 Å². The SMILES string of the molecule is N#CC1(c2cncc(C(N)=S)c2)C[C@H]2C=C[C@@H](C1)N2CC(F)F. The Morgan fingerprint density at radius 2 is 2.09 bits per heavy atom. The van der Waals surface area contributed by atoms with Gasteiger partial charge in [0, 0.05) is 30.0 Å². The molecule has 2 N–H and O–H groups in total. The molecule has 0 spiro atoms. The number of aromatic nitrogens is 1. The molecule has 23 heavy (non-hydrogen) atoms. The predicted octanol–water partition coefficient (Wildman–Crippen LogP) is 2.15. The van der Waals surface area contributed by atoms with Crippen molar-refractivity contribution in [3.63, 3.8) is 0 Å². The lowest BCUT2D eigenvalue weighted by atomic mass is 9.71. The molecular formula is C16H16F2N4S. The summed E-state index contributed by atoms with van der Waals surface area (Å²) in [6, 6.07) is 3.88. The number of nitrogens with two attached hydrogens (primary N) is 1. The maximum absolute atomic E-state index is 12.8. The van der Waals surface area contributed by atoms with Crippen molar-refractivity contribution >= 4 is 17.2 Å². The molecule has 0 aliphatic carbocycles. The molecule has 4 nitrogen and oxygen atoms in total. The van der Waals surface area contributed by atoms with Crippen LogP contribution in [0, 0.1) is 11.3 Å². The Kier molecular flexibility index (Phi) is 4.13. The van der Waals surface area contributed by atoms with E-state index >= 15 is 0 Å². The van der Waals surface area contributed by atoms with Crippen LogP contribution in [0.1, 0.15) is 24.0 Å². The zero-order chi connectivity index (χ0) is 16.6. The molecule has 2 bridgehead atoms. The van der Waals surface area contributed by atoms with Crippen LogP contribution in [0.4, 0.5) is 8.78 Å². The van der Waals surface area contributed by atoms with Crippen molar-refractivity contribution in [1.29, 1.82) is 5.26 Å². The van der Waals surface area contributed by atoms with Gasteiger partial charge >= 0.3 is 0 Å². The number of thiocarbonyl (C=S) groups is 1. The van der Waals surface area contributed by atoms with Crippen LogP contribution in [0.5, 0.6) is 0 Å². The largest absolute Gasteiger partial charge is 0.389 e.